The maximum Gasteiger partial charge on any atom is 0.262 e. The number of hydrogen-bond donors (Lipinski definition) is 2. The van der Waals surface area contributed by atoms with Crippen LogP contribution in [0, 0.1) is 0 Å². The molecule has 0 bridgehead atoms. The highest BCUT2D eigenvalue weighted by Crippen LogP contribution is 2.34. The van der Waals surface area contributed by atoms with E-state index in [2.05, 4.69) is 20.7 Å². The Labute approximate surface area is 177 Å². The van der Waals surface area contributed by atoms with Gasteiger partial charge < -0.3 is 14.8 Å². The number of halogens is 1. The lowest BCUT2D eigenvalue weighted by atomic mass is 10.0. The molecule has 0 radical (unpaired) electrons. The first-order valence-electron chi connectivity index (χ1n) is 9.09. The number of nitrogens with zero attached hydrogens (tertiary/aromatic N) is 3. The minimum atomic E-state index is -0.334. The molecule has 2 heterocycles. The zero-order valence-corrected chi connectivity index (χ0v) is 16.7. The van der Waals surface area contributed by atoms with Crippen LogP contribution >= 0.6 is 11.6 Å². The molecule has 0 saturated carbocycles. The summed E-state index contributed by atoms with van der Waals surface area (Å²) in [6.07, 6.45) is 1.61. The standard InChI is InChI=1S/C20H18ClN5O4/c1-29-17-7-12(15-9-18(27)25-20-22-11-23-26(15)20)5-6-16(17)30-10-19(28)24-14-4-2-3-13(21)8-14/h2-8,11,15H,9-10H2,1H3,(H,24,28)(H,22,23,25,27)/t15-/m0/s1. The van der Waals surface area contributed by atoms with Crippen molar-refractivity contribution in [3.05, 3.63) is 59.4 Å². The molecule has 2 amide bonds. The fraction of sp³-hybridized carbons (Fsp3) is 0.200. The number of rotatable bonds is 6. The summed E-state index contributed by atoms with van der Waals surface area (Å²) in [6, 6.07) is 11.8. The second-order valence-corrected chi connectivity index (χ2v) is 6.99. The number of carbonyl (C=O) groups is 2. The third-order valence-electron chi connectivity index (χ3n) is 4.54. The lowest BCUT2D eigenvalue weighted by Gasteiger charge is -2.24. The third kappa shape index (κ3) is 4.20. The van der Waals surface area contributed by atoms with Crippen molar-refractivity contribution in [1.82, 2.24) is 14.8 Å². The number of carbonyl (C=O) groups excluding carboxylic acids is 2. The van der Waals surface area contributed by atoms with Crippen LogP contribution < -0.4 is 20.1 Å². The van der Waals surface area contributed by atoms with Gasteiger partial charge in [0.25, 0.3) is 5.91 Å². The van der Waals surface area contributed by atoms with E-state index in [1.807, 2.05) is 0 Å². The first-order chi connectivity index (χ1) is 14.5. The summed E-state index contributed by atoms with van der Waals surface area (Å²) in [6.45, 7) is -0.207. The van der Waals surface area contributed by atoms with Crippen LogP contribution in [-0.4, -0.2) is 40.3 Å². The van der Waals surface area contributed by atoms with Crippen LogP contribution in [0.3, 0.4) is 0 Å². The summed E-state index contributed by atoms with van der Waals surface area (Å²) < 4.78 is 12.7. The number of aromatic nitrogens is 3. The fourth-order valence-corrected chi connectivity index (χ4v) is 3.37. The lowest BCUT2D eigenvalue weighted by molar-refractivity contribution is -0.118. The van der Waals surface area contributed by atoms with Crippen molar-refractivity contribution in [2.24, 2.45) is 0 Å². The van der Waals surface area contributed by atoms with Crippen molar-refractivity contribution < 1.29 is 19.1 Å². The van der Waals surface area contributed by atoms with Crippen molar-refractivity contribution in [2.75, 3.05) is 24.4 Å². The summed E-state index contributed by atoms with van der Waals surface area (Å²) in [4.78, 5) is 28.2. The number of amides is 2. The highest BCUT2D eigenvalue weighted by Gasteiger charge is 2.28. The number of benzene rings is 2. The molecule has 0 saturated heterocycles. The van der Waals surface area contributed by atoms with Crippen molar-refractivity contribution in [2.45, 2.75) is 12.5 Å². The maximum absolute atomic E-state index is 12.2. The van der Waals surface area contributed by atoms with Crippen LogP contribution in [0.1, 0.15) is 18.0 Å². The number of anilines is 2. The number of hydrogen-bond acceptors (Lipinski definition) is 6. The van der Waals surface area contributed by atoms with Gasteiger partial charge in [0.05, 0.1) is 19.6 Å². The molecule has 9 nitrogen and oxygen atoms in total. The molecule has 0 spiro atoms. The first-order valence-corrected chi connectivity index (χ1v) is 9.47. The molecule has 1 atom stereocenters. The molecule has 1 aromatic heterocycles. The van der Waals surface area contributed by atoms with E-state index >= 15 is 0 Å². The molecule has 10 heteroatoms. The van der Waals surface area contributed by atoms with Crippen molar-refractivity contribution in [1.29, 1.82) is 0 Å². The Bertz CT molecular complexity index is 1100. The summed E-state index contributed by atoms with van der Waals surface area (Å²) >= 11 is 5.92. The van der Waals surface area contributed by atoms with E-state index in [4.69, 9.17) is 21.1 Å². The largest absolute Gasteiger partial charge is 0.493 e. The van der Waals surface area contributed by atoms with Gasteiger partial charge in [-0.15, -0.1) is 0 Å². The highest BCUT2D eigenvalue weighted by atomic mass is 35.5. The molecule has 4 rings (SSSR count). The van der Waals surface area contributed by atoms with Gasteiger partial charge in [-0.25, -0.2) is 4.68 Å². The van der Waals surface area contributed by atoms with Gasteiger partial charge in [0.2, 0.25) is 11.9 Å². The molecule has 0 fully saturated rings. The Balaban J connectivity index is 1.47. The van der Waals surface area contributed by atoms with Gasteiger partial charge >= 0.3 is 0 Å². The fourth-order valence-electron chi connectivity index (χ4n) is 3.18. The van der Waals surface area contributed by atoms with Crippen LogP contribution in [0.15, 0.2) is 48.8 Å². The molecule has 1 aliphatic rings. The van der Waals surface area contributed by atoms with Gasteiger partial charge in [-0.2, -0.15) is 10.1 Å². The molecule has 3 aromatic rings. The van der Waals surface area contributed by atoms with Gasteiger partial charge in [-0.1, -0.05) is 23.7 Å². The van der Waals surface area contributed by atoms with E-state index < -0.39 is 0 Å². The van der Waals surface area contributed by atoms with Crippen molar-refractivity contribution >= 4 is 35.1 Å². The first kappa shape index (κ1) is 19.7. The topological polar surface area (TPSA) is 107 Å². The second kappa shape index (κ2) is 8.42. The zero-order chi connectivity index (χ0) is 21.1. The summed E-state index contributed by atoms with van der Waals surface area (Å²) in [5.74, 6) is 0.766. The van der Waals surface area contributed by atoms with Crippen LogP contribution in [0.4, 0.5) is 11.6 Å². The molecule has 0 unspecified atom stereocenters. The van der Waals surface area contributed by atoms with E-state index in [1.165, 1.54) is 13.4 Å². The van der Waals surface area contributed by atoms with E-state index in [0.29, 0.717) is 28.2 Å². The summed E-state index contributed by atoms with van der Waals surface area (Å²) in [5, 5.41) is 10.1. The summed E-state index contributed by atoms with van der Waals surface area (Å²) in [5.41, 5.74) is 1.39. The summed E-state index contributed by atoms with van der Waals surface area (Å²) in [7, 11) is 1.51. The predicted molar refractivity (Wildman–Crippen MR) is 110 cm³/mol. The number of fused-ring (bicyclic) bond motifs is 1. The van der Waals surface area contributed by atoms with Gasteiger partial charge in [-0.3, -0.25) is 14.9 Å². The minimum Gasteiger partial charge on any atom is -0.493 e. The van der Waals surface area contributed by atoms with Crippen molar-refractivity contribution in [3.63, 3.8) is 0 Å². The van der Waals surface area contributed by atoms with Gasteiger partial charge in [-0.05, 0) is 35.9 Å². The van der Waals surface area contributed by atoms with E-state index in [1.54, 1.807) is 47.1 Å². The Kier molecular flexibility index (Phi) is 5.53. The quantitative estimate of drug-likeness (QED) is 0.626. The molecule has 1 aliphatic heterocycles. The lowest BCUT2D eigenvalue weighted by Crippen LogP contribution is -2.29. The van der Waals surface area contributed by atoms with Crippen LogP contribution in [0.5, 0.6) is 11.5 Å². The Morgan fingerprint density at radius 1 is 1.30 bits per heavy atom. The van der Waals surface area contributed by atoms with Crippen molar-refractivity contribution in [3.8, 4) is 11.5 Å². The number of methoxy groups -OCH3 is 1. The Morgan fingerprint density at radius 3 is 2.97 bits per heavy atom. The van der Waals surface area contributed by atoms with Crippen LogP contribution in [0.2, 0.25) is 5.02 Å². The Hall–Kier alpha value is -3.59. The predicted octanol–water partition coefficient (Wildman–Crippen LogP) is 2.89. The molecular formula is C20H18ClN5O4. The smallest absolute Gasteiger partial charge is 0.262 e. The zero-order valence-electron chi connectivity index (χ0n) is 16.0. The molecule has 2 N–H and O–H groups in total. The van der Waals surface area contributed by atoms with E-state index in [0.717, 1.165) is 5.56 Å². The van der Waals surface area contributed by atoms with E-state index in [9.17, 15) is 9.59 Å². The molecular weight excluding hydrogens is 410 g/mol. The van der Waals surface area contributed by atoms with Gasteiger partial charge in [0, 0.05) is 10.7 Å². The molecule has 154 valence electrons. The van der Waals surface area contributed by atoms with Crippen LogP contribution in [0.25, 0.3) is 0 Å². The normalized spacial score (nSPS) is 15.1. The second-order valence-electron chi connectivity index (χ2n) is 6.55. The average molecular weight is 428 g/mol. The number of ether oxygens (including phenoxy) is 2. The maximum atomic E-state index is 12.2. The van der Waals surface area contributed by atoms with Crippen LogP contribution in [-0.2, 0) is 9.59 Å². The third-order valence-corrected chi connectivity index (χ3v) is 4.77. The Morgan fingerprint density at radius 2 is 2.17 bits per heavy atom. The number of nitrogens with one attached hydrogen (secondary N) is 2. The van der Waals surface area contributed by atoms with Gasteiger partial charge in [0.15, 0.2) is 18.1 Å². The monoisotopic (exact) mass is 427 g/mol. The molecule has 30 heavy (non-hydrogen) atoms. The minimum absolute atomic E-state index is 0.141. The van der Waals surface area contributed by atoms with E-state index in [-0.39, 0.29) is 30.9 Å². The molecule has 0 aliphatic carbocycles. The average Bonchev–Trinajstić information content (AvgIpc) is 3.20. The highest BCUT2D eigenvalue weighted by molar-refractivity contribution is 6.30. The SMILES string of the molecule is COc1cc([C@@H]2CC(=O)Nc3ncnn32)ccc1OCC(=O)Nc1cccc(Cl)c1. The van der Waals surface area contributed by atoms with Gasteiger partial charge in [0.1, 0.15) is 6.33 Å². The molecule has 2 aromatic carbocycles.